The normalized spacial score (nSPS) is 11.5. The van der Waals surface area contributed by atoms with Crippen LogP contribution in [0, 0.1) is 10.1 Å². The van der Waals surface area contributed by atoms with E-state index in [1.54, 1.807) is 6.07 Å². The van der Waals surface area contributed by atoms with Gasteiger partial charge in [-0.1, -0.05) is 24.9 Å². The molecule has 2 N–H and O–H groups in total. The average Bonchev–Trinajstić information content (AvgIpc) is 2.96. The van der Waals surface area contributed by atoms with Crippen LogP contribution < -0.4 is 4.72 Å². The molecule has 0 aromatic carbocycles. The molecule has 0 saturated heterocycles. The number of hydrogen-bond acceptors (Lipinski definition) is 6. The van der Waals surface area contributed by atoms with Gasteiger partial charge in [-0.15, -0.1) is 11.3 Å². The van der Waals surface area contributed by atoms with Crippen LogP contribution in [0.2, 0.25) is 4.34 Å². The summed E-state index contributed by atoms with van der Waals surface area (Å²) in [6.45, 7) is 1.98. The van der Waals surface area contributed by atoms with Crippen LogP contribution in [0.1, 0.15) is 19.0 Å². The minimum Gasteiger partial charge on any atom is -0.280 e. The Hall–Kier alpha value is -1.65. The molecule has 11 heteroatoms. The fraction of sp³-hybridized carbons (Fsp3) is 0.300. The predicted octanol–water partition coefficient (Wildman–Crippen LogP) is 2.79. The summed E-state index contributed by atoms with van der Waals surface area (Å²) in [4.78, 5) is 9.96. The monoisotopic (exact) mass is 350 g/mol. The highest BCUT2D eigenvalue weighted by Crippen LogP contribution is 2.36. The number of rotatable bonds is 6. The Morgan fingerprint density at radius 2 is 2.24 bits per heavy atom. The highest BCUT2D eigenvalue weighted by molar-refractivity contribution is 7.94. The van der Waals surface area contributed by atoms with Gasteiger partial charge in [0.2, 0.25) is 0 Å². The lowest BCUT2D eigenvalue weighted by atomic mass is 10.2. The van der Waals surface area contributed by atoms with Crippen molar-refractivity contribution in [2.75, 3.05) is 4.72 Å². The second-order valence-electron chi connectivity index (χ2n) is 4.12. The van der Waals surface area contributed by atoms with Gasteiger partial charge in [-0.25, -0.2) is 8.42 Å². The molecular weight excluding hydrogens is 340 g/mol. The first-order chi connectivity index (χ1) is 9.83. The first-order valence-electron chi connectivity index (χ1n) is 5.84. The van der Waals surface area contributed by atoms with E-state index in [2.05, 4.69) is 14.9 Å². The van der Waals surface area contributed by atoms with Crippen LogP contribution >= 0.6 is 22.9 Å². The number of sulfonamides is 1. The van der Waals surface area contributed by atoms with Crippen molar-refractivity contribution in [2.45, 2.75) is 24.0 Å². The van der Waals surface area contributed by atoms with Crippen molar-refractivity contribution in [3.63, 3.8) is 0 Å². The quantitative estimate of drug-likeness (QED) is 0.613. The molecule has 0 unspecified atom stereocenters. The fourth-order valence-corrected chi connectivity index (χ4v) is 4.25. The Labute approximate surface area is 129 Å². The maximum Gasteiger partial charge on any atom is 0.300 e. The number of aromatic amines is 1. The van der Waals surface area contributed by atoms with Crippen LogP contribution in [-0.4, -0.2) is 23.5 Å². The number of thiophene rings is 1. The van der Waals surface area contributed by atoms with Gasteiger partial charge in [-0.3, -0.25) is 19.9 Å². The van der Waals surface area contributed by atoms with Crippen molar-refractivity contribution < 1.29 is 13.3 Å². The van der Waals surface area contributed by atoms with E-state index in [0.717, 1.165) is 24.6 Å². The van der Waals surface area contributed by atoms with E-state index < -0.39 is 20.6 Å². The van der Waals surface area contributed by atoms with E-state index in [-0.39, 0.29) is 14.4 Å². The molecule has 0 aliphatic rings. The Kier molecular flexibility index (Phi) is 4.49. The van der Waals surface area contributed by atoms with Crippen molar-refractivity contribution in [1.82, 2.24) is 10.2 Å². The van der Waals surface area contributed by atoms with Gasteiger partial charge in [0.1, 0.15) is 4.21 Å². The van der Waals surface area contributed by atoms with Gasteiger partial charge in [0.25, 0.3) is 15.7 Å². The molecule has 0 amide bonds. The number of nitrogens with one attached hydrogen (secondary N) is 2. The van der Waals surface area contributed by atoms with Gasteiger partial charge < -0.3 is 0 Å². The van der Waals surface area contributed by atoms with E-state index in [1.807, 2.05) is 6.92 Å². The zero-order valence-corrected chi connectivity index (χ0v) is 13.2. The number of aryl methyl sites for hydroxylation is 1. The second-order valence-corrected chi connectivity index (χ2v) is 7.68. The molecule has 0 fully saturated rings. The van der Waals surface area contributed by atoms with Crippen LogP contribution in [0.5, 0.6) is 0 Å². The molecule has 0 bridgehead atoms. The Bertz CT molecular complexity index is 768. The third-order valence-corrected chi connectivity index (χ3v) is 5.66. The number of nitro groups is 1. The average molecular weight is 351 g/mol. The Morgan fingerprint density at radius 3 is 2.81 bits per heavy atom. The molecule has 0 aliphatic carbocycles. The SMILES string of the molecule is CCCc1cc(NS(=O)(=O)c2cc([N+](=O)[O-])c(Cl)s2)n[nH]1. The third kappa shape index (κ3) is 3.52. The van der Waals surface area contributed by atoms with Gasteiger partial charge in [0.15, 0.2) is 10.2 Å². The topological polar surface area (TPSA) is 118 Å². The molecule has 114 valence electrons. The second kappa shape index (κ2) is 6.00. The highest BCUT2D eigenvalue weighted by atomic mass is 35.5. The lowest BCUT2D eigenvalue weighted by Gasteiger charge is -2.01. The minimum atomic E-state index is -3.95. The summed E-state index contributed by atoms with van der Waals surface area (Å²) in [7, 11) is -3.95. The Balaban J connectivity index is 2.25. The van der Waals surface area contributed by atoms with Crippen molar-refractivity contribution >= 4 is 44.5 Å². The molecule has 0 radical (unpaired) electrons. The molecule has 2 aromatic rings. The third-order valence-electron chi connectivity index (χ3n) is 2.50. The van der Waals surface area contributed by atoms with Gasteiger partial charge in [-0.05, 0) is 6.42 Å². The smallest absolute Gasteiger partial charge is 0.280 e. The van der Waals surface area contributed by atoms with E-state index in [9.17, 15) is 18.5 Å². The number of anilines is 1. The van der Waals surface area contributed by atoms with Crippen molar-refractivity contribution in [2.24, 2.45) is 0 Å². The number of nitrogens with zero attached hydrogens (tertiary/aromatic N) is 2. The summed E-state index contributed by atoms with van der Waals surface area (Å²) in [5, 5.41) is 17.2. The zero-order valence-electron chi connectivity index (χ0n) is 10.8. The largest absolute Gasteiger partial charge is 0.300 e. The maximum atomic E-state index is 12.1. The fourth-order valence-electron chi connectivity index (χ4n) is 1.59. The number of aromatic nitrogens is 2. The lowest BCUT2D eigenvalue weighted by molar-refractivity contribution is -0.384. The van der Waals surface area contributed by atoms with E-state index in [1.165, 1.54) is 0 Å². The molecule has 2 rings (SSSR count). The Morgan fingerprint density at radius 1 is 1.52 bits per heavy atom. The predicted molar refractivity (Wildman–Crippen MR) is 79.4 cm³/mol. The van der Waals surface area contributed by atoms with Crippen LogP contribution in [-0.2, 0) is 16.4 Å². The summed E-state index contributed by atoms with van der Waals surface area (Å²) >= 11 is 6.28. The molecule has 0 saturated carbocycles. The standard InChI is InChI=1S/C10H11ClN4O4S2/c1-2-3-6-4-8(13-12-6)14-21(18,19)9-5-7(15(16)17)10(11)20-9/h4-5H,2-3H2,1H3,(H2,12,13,14). The molecule has 0 aliphatic heterocycles. The molecule has 8 nitrogen and oxygen atoms in total. The van der Waals surface area contributed by atoms with Crippen LogP contribution in [0.15, 0.2) is 16.3 Å². The number of halogens is 1. The molecule has 2 aromatic heterocycles. The number of hydrogen-bond donors (Lipinski definition) is 2. The summed E-state index contributed by atoms with van der Waals surface area (Å²) < 4.78 is 26.1. The van der Waals surface area contributed by atoms with Crippen molar-refractivity contribution in [3.8, 4) is 0 Å². The lowest BCUT2D eigenvalue weighted by Crippen LogP contribution is -2.11. The summed E-state index contributed by atoms with van der Waals surface area (Å²) in [6, 6.07) is 2.50. The molecule has 21 heavy (non-hydrogen) atoms. The first kappa shape index (κ1) is 15.7. The summed E-state index contributed by atoms with van der Waals surface area (Å²) in [6.07, 6.45) is 1.63. The molecule has 0 spiro atoms. The molecule has 2 heterocycles. The van der Waals surface area contributed by atoms with Crippen molar-refractivity contribution in [1.29, 1.82) is 0 Å². The summed E-state index contributed by atoms with van der Waals surface area (Å²) in [5.74, 6) is 0.130. The van der Waals surface area contributed by atoms with Gasteiger partial charge in [-0.2, -0.15) is 5.10 Å². The van der Waals surface area contributed by atoms with E-state index in [4.69, 9.17) is 11.6 Å². The maximum absolute atomic E-state index is 12.1. The summed E-state index contributed by atoms with van der Waals surface area (Å²) in [5.41, 5.74) is 0.362. The van der Waals surface area contributed by atoms with Gasteiger partial charge >= 0.3 is 0 Å². The molecular formula is C10H11ClN4O4S2. The minimum absolute atomic E-state index is 0.130. The molecule has 0 atom stereocenters. The van der Waals surface area contributed by atoms with Crippen LogP contribution in [0.25, 0.3) is 0 Å². The van der Waals surface area contributed by atoms with E-state index in [0.29, 0.717) is 11.3 Å². The first-order valence-corrected chi connectivity index (χ1v) is 8.52. The van der Waals surface area contributed by atoms with Crippen LogP contribution in [0.3, 0.4) is 0 Å². The highest BCUT2D eigenvalue weighted by Gasteiger charge is 2.25. The van der Waals surface area contributed by atoms with Crippen molar-refractivity contribution in [3.05, 3.63) is 32.3 Å². The van der Waals surface area contributed by atoms with E-state index >= 15 is 0 Å². The van der Waals surface area contributed by atoms with Crippen LogP contribution in [0.4, 0.5) is 11.5 Å². The van der Waals surface area contributed by atoms with Gasteiger partial charge in [0, 0.05) is 17.8 Å². The number of H-pyrrole nitrogens is 1. The zero-order chi connectivity index (χ0) is 15.6. The van der Waals surface area contributed by atoms with Gasteiger partial charge in [0.05, 0.1) is 4.92 Å².